The molecule has 0 aliphatic heterocycles. The Bertz CT molecular complexity index is 1130. The molecule has 0 aliphatic rings. The lowest BCUT2D eigenvalue weighted by atomic mass is 10.1. The molecule has 0 saturated heterocycles. The number of hydrogen-bond donors (Lipinski definition) is 1. The average Bonchev–Trinajstić information content (AvgIpc) is 2.73. The fourth-order valence-electron chi connectivity index (χ4n) is 2.76. The number of nitrogens with zero attached hydrogens (tertiary/aromatic N) is 1. The summed E-state index contributed by atoms with van der Waals surface area (Å²) in [6, 6.07) is 16.0. The highest BCUT2D eigenvalue weighted by atomic mass is 127. The molecule has 0 spiro atoms. The fourth-order valence-corrected chi connectivity index (χ4v) is 3.46. The molecule has 1 N–H and O–H groups in total. The summed E-state index contributed by atoms with van der Waals surface area (Å²) in [4.78, 5) is 12.0. The fraction of sp³-hybridized carbons (Fsp3) is 0.130. The Balaban J connectivity index is 1.54. The van der Waals surface area contributed by atoms with Crippen molar-refractivity contribution in [1.82, 2.24) is 5.43 Å². The van der Waals surface area contributed by atoms with Crippen LogP contribution >= 0.6 is 22.6 Å². The number of alkyl halides is 3. The third-order valence-corrected chi connectivity index (χ3v) is 5.10. The second-order valence-electron chi connectivity index (χ2n) is 6.78. The van der Waals surface area contributed by atoms with Crippen molar-refractivity contribution in [2.75, 3.05) is 0 Å². The third-order valence-electron chi connectivity index (χ3n) is 4.26. The van der Waals surface area contributed by atoms with Gasteiger partial charge in [0.2, 0.25) is 5.91 Å². The highest BCUT2D eigenvalue weighted by Crippen LogP contribution is 2.29. The average molecular weight is 556 g/mol. The van der Waals surface area contributed by atoms with Crippen LogP contribution in [0.1, 0.15) is 22.3 Å². The van der Waals surface area contributed by atoms with Gasteiger partial charge in [0.1, 0.15) is 18.2 Å². The van der Waals surface area contributed by atoms with E-state index in [-0.39, 0.29) is 24.4 Å². The van der Waals surface area contributed by atoms with E-state index in [1.807, 2.05) is 0 Å². The predicted octanol–water partition coefficient (Wildman–Crippen LogP) is 5.72. The Morgan fingerprint density at radius 3 is 2.50 bits per heavy atom. The summed E-state index contributed by atoms with van der Waals surface area (Å²) in [6.07, 6.45) is -3.27. The Morgan fingerprint density at radius 2 is 1.78 bits per heavy atom. The van der Waals surface area contributed by atoms with Gasteiger partial charge < -0.3 is 4.74 Å². The Labute approximate surface area is 195 Å². The Kier molecular flexibility index (Phi) is 7.84. The highest BCUT2D eigenvalue weighted by Gasteiger charge is 2.30. The second kappa shape index (κ2) is 10.6. The van der Waals surface area contributed by atoms with E-state index >= 15 is 0 Å². The quantitative estimate of drug-likeness (QED) is 0.175. The largest absolute Gasteiger partial charge is 0.488 e. The lowest BCUT2D eigenvalue weighted by molar-refractivity contribution is -0.137. The smallest absolute Gasteiger partial charge is 0.416 e. The van der Waals surface area contributed by atoms with E-state index < -0.39 is 17.6 Å². The van der Waals surface area contributed by atoms with E-state index in [4.69, 9.17) is 4.74 Å². The van der Waals surface area contributed by atoms with Crippen molar-refractivity contribution in [3.8, 4) is 5.75 Å². The van der Waals surface area contributed by atoms with Crippen LogP contribution in [0.25, 0.3) is 0 Å². The van der Waals surface area contributed by atoms with Gasteiger partial charge in [0, 0.05) is 0 Å². The summed E-state index contributed by atoms with van der Waals surface area (Å²) in [7, 11) is 0. The van der Waals surface area contributed by atoms with Gasteiger partial charge in [0.15, 0.2) is 0 Å². The number of hydrogen-bond acceptors (Lipinski definition) is 3. The van der Waals surface area contributed by atoms with E-state index in [0.29, 0.717) is 16.9 Å². The maximum atomic E-state index is 13.2. The zero-order valence-corrected chi connectivity index (χ0v) is 18.7. The number of carbonyl (C=O) groups is 1. The number of halogens is 5. The SMILES string of the molecule is O=C(Cc1cccc(C(F)(F)F)c1)N/N=C/c1ccc(OCc2cccc(F)c2)c(I)c1. The zero-order valence-electron chi connectivity index (χ0n) is 16.5. The highest BCUT2D eigenvalue weighted by molar-refractivity contribution is 14.1. The van der Waals surface area contributed by atoms with Crippen molar-refractivity contribution in [2.45, 2.75) is 19.2 Å². The van der Waals surface area contributed by atoms with E-state index in [2.05, 4.69) is 33.1 Å². The van der Waals surface area contributed by atoms with Crippen molar-refractivity contribution in [1.29, 1.82) is 0 Å². The van der Waals surface area contributed by atoms with Crippen molar-refractivity contribution in [2.24, 2.45) is 5.10 Å². The van der Waals surface area contributed by atoms with Gasteiger partial charge in [-0.1, -0.05) is 30.3 Å². The van der Waals surface area contributed by atoms with Crippen LogP contribution in [0.2, 0.25) is 0 Å². The first-order chi connectivity index (χ1) is 15.2. The molecule has 9 heteroatoms. The van der Waals surface area contributed by atoms with Gasteiger partial charge in [-0.25, -0.2) is 9.82 Å². The standard InChI is InChI=1S/C23H17F4IN2O2/c24-19-6-2-4-17(10-19)14-32-21-8-7-16(11-20(21)28)13-29-30-22(31)12-15-3-1-5-18(9-15)23(25,26)27/h1-11,13H,12,14H2,(H,30,31)/b29-13+. The first-order valence-electron chi connectivity index (χ1n) is 9.35. The van der Waals surface area contributed by atoms with Gasteiger partial charge >= 0.3 is 6.18 Å². The number of nitrogens with one attached hydrogen (secondary N) is 1. The molecule has 0 fully saturated rings. The number of hydrazone groups is 1. The van der Waals surface area contributed by atoms with Crippen LogP contribution in [0, 0.1) is 9.39 Å². The molecule has 3 aromatic carbocycles. The summed E-state index contributed by atoms with van der Waals surface area (Å²) >= 11 is 2.09. The minimum absolute atomic E-state index is 0.215. The second-order valence-corrected chi connectivity index (χ2v) is 7.94. The molecule has 0 bridgehead atoms. The van der Waals surface area contributed by atoms with Crippen LogP contribution in [0.3, 0.4) is 0 Å². The maximum absolute atomic E-state index is 13.2. The minimum atomic E-state index is -4.46. The van der Waals surface area contributed by atoms with Crippen LogP contribution in [0.4, 0.5) is 17.6 Å². The molecule has 0 unspecified atom stereocenters. The van der Waals surface area contributed by atoms with Crippen LogP contribution in [0.15, 0.2) is 71.8 Å². The van der Waals surface area contributed by atoms with E-state index in [0.717, 1.165) is 15.7 Å². The third kappa shape index (κ3) is 7.04. The maximum Gasteiger partial charge on any atom is 0.416 e. The molecule has 0 heterocycles. The van der Waals surface area contributed by atoms with Gasteiger partial charge in [0.25, 0.3) is 0 Å². The van der Waals surface area contributed by atoms with Gasteiger partial charge in [0.05, 0.1) is 21.8 Å². The zero-order chi connectivity index (χ0) is 23.1. The predicted molar refractivity (Wildman–Crippen MR) is 121 cm³/mol. The van der Waals surface area contributed by atoms with Crippen LogP contribution in [-0.4, -0.2) is 12.1 Å². The van der Waals surface area contributed by atoms with Gasteiger partial charge in [-0.15, -0.1) is 0 Å². The molecule has 166 valence electrons. The molecular formula is C23H17F4IN2O2. The summed E-state index contributed by atoms with van der Waals surface area (Å²) in [5.74, 6) is -0.256. The van der Waals surface area contributed by atoms with Gasteiger partial charge in [-0.2, -0.15) is 18.3 Å². The van der Waals surface area contributed by atoms with Crippen molar-refractivity contribution in [3.63, 3.8) is 0 Å². The molecule has 1 amide bonds. The topological polar surface area (TPSA) is 50.7 Å². The number of ether oxygens (including phenoxy) is 1. The van der Waals surface area contributed by atoms with Crippen molar-refractivity contribution < 1.29 is 27.1 Å². The van der Waals surface area contributed by atoms with Crippen molar-refractivity contribution in [3.05, 3.63) is 98.4 Å². The summed E-state index contributed by atoms with van der Waals surface area (Å²) < 4.78 is 58.0. The van der Waals surface area contributed by atoms with E-state index in [1.54, 1.807) is 30.3 Å². The molecule has 0 aromatic heterocycles. The van der Waals surface area contributed by atoms with Gasteiger partial charge in [-0.05, 0) is 75.7 Å². The first-order valence-corrected chi connectivity index (χ1v) is 10.4. The molecule has 3 aromatic rings. The number of rotatable bonds is 7. The normalized spacial score (nSPS) is 11.5. The summed E-state index contributed by atoms with van der Waals surface area (Å²) in [5.41, 5.74) is 3.13. The Hall–Kier alpha value is -2.95. The lowest BCUT2D eigenvalue weighted by Gasteiger charge is -2.09. The van der Waals surface area contributed by atoms with Crippen molar-refractivity contribution >= 4 is 34.7 Å². The Morgan fingerprint density at radius 1 is 1.03 bits per heavy atom. The van der Waals surface area contributed by atoms with Crippen LogP contribution in [0.5, 0.6) is 5.75 Å². The van der Waals surface area contributed by atoms with Crippen LogP contribution in [-0.2, 0) is 24.0 Å². The number of amides is 1. The monoisotopic (exact) mass is 556 g/mol. The molecule has 0 aliphatic carbocycles. The molecule has 0 saturated carbocycles. The molecule has 32 heavy (non-hydrogen) atoms. The summed E-state index contributed by atoms with van der Waals surface area (Å²) in [5, 5.41) is 3.85. The molecule has 0 radical (unpaired) electrons. The van der Waals surface area contributed by atoms with E-state index in [1.165, 1.54) is 30.5 Å². The number of carbonyl (C=O) groups excluding carboxylic acids is 1. The number of benzene rings is 3. The molecule has 4 nitrogen and oxygen atoms in total. The lowest BCUT2D eigenvalue weighted by Crippen LogP contribution is -2.20. The first kappa shape index (κ1) is 23.7. The van der Waals surface area contributed by atoms with E-state index in [9.17, 15) is 22.4 Å². The minimum Gasteiger partial charge on any atom is -0.488 e. The van der Waals surface area contributed by atoms with Crippen LogP contribution < -0.4 is 10.2 Å². The molecule has 3 rings (SSSR count). The molecular weight excluding hydrogens is 539 g/mol. The summed E-state index contributed by atoms with van der Waals surface area (Å²) in [6.45, 7) is 0.215. The molecule has 0 atom stereocenters. The van der Waals surface area contributed by atoms with Gasteiger partial charge in [-0.3, -0.25) is 4.79 Å².